The zero-order valence-corrected chi connectivity index (χ0v) is 13.6. The third kappa shape index (κ3) is 2.89. The average molecular weight is 324 g/mol. The molecule has 1 N–H and O–H groups in total. The van der Waals surface area contributed by atoms with Gasteiger partial charge in [-0.2, -0.15) is 15.0 Å². The highest BCUT2D eigenvalue weighted by Crippen LogP contribution is 2.28. The number of imidazole rings is 1. The van der Waals surface area contributed by atoms with Gasteiger partial charge in [0.1, 0.15) is 12.4 Å². The minimum atomic E-state index is 0.0740. The van der Waals surface area contributed by atoms with E-state index in [4.69, 9.17) is 4.98 Å². The quantitative estimate of drug-likeness (QED) is 0.797. The molecular formula is C17H20N6O. The molecule has 1 saturated heterocycles. The van der Waals surface area contributed by atoms with Crippen LogP contribution in [0.25, 0.3) is 11.0 Å². The Bertz CT molecular complexity index is 845. The van der Waals surface area contributed by atoms with E-state index in [1.807, 2.05) is 4.90 Å². The molecule has 1 aliphatic heterocycles. The monoisotopic (exact) mass is 324 g/mol. The number of likely N-dealkylation sites (tertiary alicyclic amines) is 1. The van der Waals surface area contributed by atoms with Crippen molar-refractivity contribution in [1.82, 2.24) is 29.9 Å². The predicted molar refractivity (Wildman–Crippen MR) is 89.4 cm³/mol. The van der Waals surface area contributed by atoms with Gasteiger partial charge in [-0.1, -0.05) is 6.07 Å². The number of carbonyl (C=O) groups is 1. The standard InChI is InChI=1S/C17H20N6O/c1-12-2-3-14-15(10-12)21-17(20-14)13-4-8-22(9-5-13)16(24)11-23-18-6-7-19-23/h2-3,6-7,10,13H,4-5,8-9,11H2,1H3,(H,20,21). The van der Waals surface area contributed by atoms with Crippen molar-refractivity contribution in [3.63, 3.8) is 0 Å². The van der Waals surface area contributed by atoms with Crippen molar-refractivity contribution in [2.24, 2.45) is 0 Å². The second-order valence-electron chi connectivity index (χ2n) is 6.36. The van der Waals surface area contributed by atoms with E-state index in [9.17, 15) is 4.79 Å². The first-order chi connectivity index (χ1) is 11.7. The van der Waals surface area contributed by atoms with Crippen molar-refractivity contribution in [3.05, 3.63) is 42.0 Å². The van der Waals surface area contributed by atoms with Crippen LogP contribution >= 0.6 is 0 Å². The molecule has 0 bridgehead atoms. The molecule has 7 nitrogen and oxygen atoms in total. The Hall–Kier alpha value is -2.70. The van der Waals surface area contributed by atoms with Crippen molar-refractivity contribution < 1.29 is 4.79 Å². The van der Waals surface area contributed by atoms with Gasteiger partial charge in [-0.25, -0.2) is 4.98 Å². The molecule has 1 aliphatic rings. The van der Waals surface area contributed by atoms with E-state index in [0.717, 1.165) is 42.8 Å². The second kappa shape index (κ2) is 6.07. The summed E-state index contributed by atoms with van der Waals surface area (Å²) >= 11 is 0. The number of carbonyl (C=O) groups excluding carboxylic acids is 1. The molecule has 0 atom stereocenters. The molecule has 0 saturated carbocycles. The molecule has 7 heteroatoms. The number of hydrogen-bond donors (Lipinski definition) is 1. The summed E-state index contributed by atoms with van der Waals surface area (Å²) in [6.07, 6.45) is 5.03. The van der Waals surface area contributed by atoms with Crippen LogP contribution in [0.4, 0.5) is 0 Å². The molecule has 0 unspecified atom stereocenters. The smallest absolute Gasteiger partial charge is 0.246 e. The lowest BCUT2D eigenvalue weighted by Crippen LogP contribution is -2.40. The molecule has 4 rings (SSSR count). The lowest BCUT2D eigenvalue weighted by Gasteiger charge is -2.31. The highest BCUT2D eigenvalue weighted by Gasteiger charge is 2.26. The van der Waals surface area contributed by atoms with Crippen LogP contribution in [0.2, 0.25) is 0 Å². The summed E-state index contributed by atoms with van der Waals surface area (Å²) in [4.78, 5) is 23.8. The molecule has 1 fully saturated rings. The number of aryl methyl sites for hydroxylation is 1. The number of piperidine rings is 1. The maximum atomic E-state index is 12.3. The summed E-state index contributed by atoms with van der Waals surface area (Å²) in [6.45, 7) is 3.79. The van der Waals surface area contributed by atoms with Gasteiger partial charge in [-0.15, -0.1) is 0 Å². The van der Waals surface area contributed by atoms with Crippen LogP contribution in [0, 0.1) is 6.92 Å². The molecular weight excluding hydrogens is 304 g/mol. The lowest BCUT2D eigenvalue weighted by molar-refractivity contribution is -0.133. The summed E-state index contributed by atoms with van der Waals surface area (Å²) < 4.78 is 0. The number of aromatic amines is 1. The van der Waals surface area contributed by atoms with Crippen molar-refractivity contribution in [3.8, 4) is 0 Å². The number of hydrogen-bond acceptors (Lipinski definition) is 4. The van der Waals surface area contributed by atoms with Gasteiger partial charge in [-0.05, 0) is 37.5 Å². The number of rotatable bonds is 3. The molecule has 24 heavy (non-hydrogen) atoms. The van der Waals surface area contributed by atoms with Crippen molar-refractivity contribution in [1.29, 1.82) is 0 Å². The summed E-state index contributed by atoms with van der Waals surface area (Å²) in [5.41, 5.74) is 3.33. The molecule has 0 radical (unpaired) electrons. The first kappa shape index (κ1) is 14.9. The predicted octanol–water partition coefficient (Wildman–Crippen LogP) is 1.87. The number of H-pyrrole nitrogens is 1. The maximum Gasteiger partial charge on any atom is 0.246 e. The van der Waals surface area contributed by atoms with Crippen molar-refractivity contribution >= 4 is 16.9 Å². The molecule has 3 heterocycles. The highest BCUT2D eigenvalue weighted by atomic mass is 16.2. The SMILES string of the molecule is Cc1ccc2nc(C3CCN(C(=O)Cn4nccn4)CC3)[nH]c2c1. The van der Waals surface area contributed by atoms with E-state index in [0.29, 0.717) is 5.92 Å². The van der Waals surface area contributed by atoms with E-state index in [1.54, 1.807) is 12.4 Å². The zero-order valence-electron chi connectivity index (χ0n) is 13.6. The van der Waals surface area contributed by atoms with Crippen molar-refractivity contribution in [2.45, 2.75) is 32.2 Å². The van der Waals surface area contributed by atoms with Crippen LogP contribution in [0.3, 0.4) is 0 Å². The fraction of sp³-hybridized carbons (Fsp3) is 0.412. The van der Waals surface area contributed by atoms with Gasteiger partial charge in [0.2, 0.25) is 5.91 Å². The Labute approximate surface area is 139 Å². The normalized spacial score (nSPS) is 16.0. The minimum Gasteiger partial charge on any atom is -0.342 e. The molecule has 0 aliphatic carbocycles. The first-order valence-electron chi connectivity index (χ1n) is 8.27. The minimum absolute atomic E-state index is 0.0740. The Balaban J connectivity index is 1.40. The number of amides is 1. The van der Waals surface area contributed by atoms with Gasteiger partial charge in [-0.3, -0.25) is 4.79 Å². The van der Waals surface area contributed by atoms with Crippen molar-refractivity contribution in [2.75, 3.05) is 13.1 Å². The Morgan fingerprint density at radius 3 is 2.75 bits per heavy atom. The Morgan fingerprint density at radius 2 is 2.00 bits per heavy atom. The third-order valence-electron chi connectivity index (χ3n) is 4.63. The van der Waals surface area contributed by atoms with Crippen LogP contribution in [-0.2, 0) is 11.3 Å². The average Bonchev–Trinajstić information content (AvgIpc) is 3.24. The topological polar surface area (TPSA) is 79.7 Å². The largest absolute Gasteiger partial charge is 0.342 e. The van der Waals surface area contributed by atoms with Gasteiger partial charge < -0.3 is 9.88 Å². The number of nitrogens with zero attached hydrogens (tertiary/aromatic N) is 5. The number of fused-ring (bicyclic) bond motifs is 1. The maximum absolute atomic E-state index is 12.3. The summed E-state index contributed by atoms with van der Waals surface area (Å²) in [6, 6.07) is 6.26. The highest BCUT2D eigenvalue weighted by molar-refractivity contribution is 5.76. The van der Waals surface area contributed by atoms with Crippen LogP contribution in [0.15, 0.2) is 30.6 Å². The van der Waals surface area contributed by atoms with Gasteiger partial charge >= 0.3 is 0 Å². The fourth-order valence-electron chi connectivity index (χ4n) is 3.28. The van der Waals surface area contributed by atoms with E-state index >= 15 is 0 Å². The third-order valence-corrected chi connectivity index (χ3v) is 4.63. The molecule has 0 spiro atoms. The van der Waals surface area contributed by atoms with Gasteiger partial charge in [0.15, 0.2) is 0 Å². The molecule has 1 aromatic carbocycles. The molecule has 3 aromatic rings. The first-order valence-corrected chi connectivity index (χ1v) is 8.27. The van der Waals surface area contributed by atoms with Crippen LogP contribution in [-0.4, -0.2) is 48.9 Å². The van der Waals surface area contributed by atoms with Crippen LogP contribution in [0.5, 0.6) is 0 Å². The van der Waals surface area contributed by atoms with Crippen LogP contribution in [0.1, 0.15) is 30.1 Å². The molecule has 124 valence electrons. The van der Waals surface area contributed by atoms with Gasteiger partial charge in [0.05, 0.1) is 23.4 Å². The summed E-state index contributed by atoms with van der Waals surface area (Å²) in [7, 11) is 0. The zero-order chi connectivity index (χ0) is 16.5. The molecule has 2 aromatic heterocycles. The Kier molecular flexibility index (Phi) is 3.76. The molecule has 1 amide bonds. The van der Waals surface area contributed by atoms with Crippen LogP contribution < -0.4 is 0 Å². The number of nitrogens with one attached hydrogen (secondary N) is 1. The summed E-state index contributed by atoms with van der Waals surface area (Å²) in [5, 5.41) is 7.98. The lowest BCUT2D eigenvalue weighted by atomic mass is 9.96. The van der Waals surface area contributed by atoms with E-state index in [-0.39, 0.29) is 12.5 Å². The second-order valence-corrected chi connectivity index (χ2v) is 6.36. The van der Waals surface area contributed by atoms with Gasteiger partial charge in [0.25, 0.3) is 0 Å². The van der Waals surface area contributed by atoms with E-state index < -0.39 is 0 Å². The van der Waals surface area contributed by atoms with E-state index in [2.05, 4.69) is 40.3 Å². The van der Waals surface area contributed by atoms with E-state index in [1.165, 1.54) is 10.4 Å². The number of benzene rings is 1. The summed E-state index contributed by atoms with van der Waals surface area (Å²) in [5.74, 6) is 1.49. The van der Waals surface area contributed by atoms with Gasteiger partial charge in [0, 0.05) is 19.0 Å². The fourth-order valence-corrected chi connectivity index (χ4v) is 3.28. The Morgan fingerprint density at radius 1 is 1.25 bits per heavy atom. The number of aromatic nitrogens is 5.